The predicted molar refractivity (Wildman–Crippen MR) is 287 cm³/mol. The number of nitrogens with zero attached hydrogens (tertiary/aromatic N) is 2. The van der Waals surface area contributed by atoms with Gasteiger partial charge in [0.05, 0.1) is 11.7 Å². The quantitative estimate of drug-likeness (QED) is 0.148. The van der Waals surface area contributed by atoms with Crippen molar-refractivity contribution in [1.29, 1.82) is 0 Å². The number of hydrogen-bond acceptors (Lipinski definition) is 3. The monoisotopic (exact) mass is 875 g/mol. The fourth-order valence-electron chi connectivity index (χ4n) is 11.6. The summed E-state index contributed by atoms with van der Waals surface area (Å²) in [5.41, 5.74) is 18.5. The van der Waals surface area contributed by atoms with Gasteiger partial charge < -0.3 is 10.2 Å². The smallest absolute Gasteiger partial charge is 0.0622 e. The maximum Gasteiger partial charge on any atom is 0.0622 e. The minimum atomic E-state index is -0.227. The number of allylic oxidation sites excluding steroid dienone is 8. The Labute approximate surface area is 400 Å². The molecule has 3 nitrogen and oxygen atoms in total. The van der Waals surface area contributed by atoms with Gasteiger partial charge in [-0.1, -0.05) is 188 Å². The molecule has 12 rings (SSSR count). The van der Waals surface area contributed by atoms with Gasteiger partial charge in [-0.25, -0.2) is 0 Å². The molecular formula is C65H53N3. The summed E-state index contributed by atoms with van der Waals surface area (Å²) in [6.07, 6.45) is 13.8. The zero-order valence-corrected chi connectivity index (χ0v) is 38.8. The van der Waals surface area contributed by atoms with E-state index in [1.165, 1.54) is 99.8 Å². The SMILES string of the molecule is CNc1ccccc1C(c1ccc(-c2cc(-c3ccccc3)cc(-c3ccccc3)c2)cc1)N(C)Cc1cccc2cc(N3C4=CC=C5C=CC=CC5C4(C)c4c3ccc3ccccc43)ccc12. The Hall–Kier alpha value is -7.98. The van der Waals surface area contributed by atoms with Crippen molar-refractivity contribution in [3.05, 3.63) is 270 Å². The summed E-state index contributed by atoms with van der Waals surface area (Å²) in [7, 11) is 4.29. The molecule has 328 valence electrons. The lowest BCUT2D eigenvalue weighted by atomic mass is 9.64. The minimum absolute atomic E-state index is 0.00812. The van der Waals surface area contributed by atoms with E-state index in [9.17, 15) is 0 Å². The van der Waals surface area contributed by atoms with E-state index in [0.717, 1.165) is 12.2 Å². The van der Waals surface area contributed by atoms with Gasteiger partial charge in [-0.05, 0) is 145 Å². The van der Waals surface area contributed by atoms with Gasteiger partial charge in [-0.3, -0.25) is 4.90 Å². The van der Waals surface area contributed by atoms with Crippen LogP contribution in [-0.2, 0) is 12.0 Å². The molecule has 1 aliphatic heterocycles. The Morgan fingerprint density at radius 2 is 1.24 bits per heavy atom. The number of rotatable bonds is 10. The summed E-state index contributed by atoms with van der Waals surface area (Å²) in [5, 5.41) is 8.64. The highest BCUT2D eigenvalue weighted by Crippen LogP contribution is 2.60. The molecule has 0 saturated carbocycles. The van der Waals surface area contributed by atoms with Crippen LogP contribution in [0.4, 0.5) is 17.1 Å². The van der Waals surface area contributed by atoms with E-state index in [1.807, 2.05) is 7.05 Å². The topological polar surface area (TPSA) is 18.5 Å². The second kappa shape index (κ2) is 17.0. The molecule has 0 aromatic heterocycles. The lowest BCUT2D eigenvalue weighted by molar-refractivity contribution is 0.272. The largest absolute Gasteiger partial charge is 0.388 e. The Bertz CT molecular complexity index is 3450. The first-order chi connectivity index (χ1) is 33.5. The number of hydrogen-bond donors (Lipinski definition) is 1. The first kappa shape index (κ1) is 41.5. The summed E-state index contributed by atoms with van der Waals surface area (Å²) >= 11 is 0. The van der Waals surface area contributed by atoms with Gasteiger partial charge in [0.15, 0.2) is 0 Å². The van der Waals surface area contributed by atoms with E-state index in [0.29, 0.717) is 0 Å². The number of anilines is 3. The van der Waals surface area contributed by atoms with Crippen molar-refractivity contribution in [3.63, 3.8) is 0 Å². The molecule has 9 aromatic rings. The minimum Gasteiger partial charge on any atom is -0.388 e. The summed E-state index contributed by atoms with van der Waals surface area (Å²) in [6.45, 7) is 3.22. The number of nitrogens with one attached hydrogen (secondary N) is 1. The van der Waals surface area contributed by atoms with E-state index < -0.39 is 0 Å². The summed E-state index contributed by atoms with van der Waals surface area (Å²) in [6, 6.07) is 73.9. The van der Waals surface area contributed by atoms with Gasteiger partial charge in [-0.2, -0.15) is 0 Å². The predicted octanol–water partition coefficient (Wildman–Crippen LogP) is 16.2. The van der Waals surface area contributed by atoms with Crippen molar-refractivity contribution in [2.24, 2.45) is 5.92 Å². The van der Waals surface area contributed by atoms with E-state index in [4.69, 9.17) is 0 Å². The molecule has 0 fully saturated rings. The molecule has 68 heavy (non-hydrogen) atoms. The molecule has 3 heteroatoms. The summed E-state index contributed by atoms with van der Waals surface area (Å²) < 4.78 is 0. The molecule has 3 aliphatic rings. The van der Waals surface area contributed by atoms with Crippen molar-refractivity contribution in [2.45, 2.75) is 24.9 Å². The molecule has 0 radical (unpaired) electrons. The van der Waals surface area contributed by atoms with Gasteiger partial charge in [0.2, 0.25) is 0 Å². The van der Waals surface area contributed by atoms with Gasteiger partial charge in [-0.15, -0.1) is 0 Å². The molecule has 0 spiro atoms. The summed E-state index contributed by atoms with van der Waals surface area (Å²) in [4.78, 5) is 5.04. The van der Waals surface area contributed by atoms with Crippen LogP contribution in [0.3, 0.4) is 0 Å². The number of benzene rings is 9. The van der Waals surface area contributed by atoms with Gasteiger partial charge in [0.25, 0.3) is 0 Å². The molecule has 1 heterocycles. The fraction of sp³-hybridized carbons (Fsp3) is 0.108. The van der Waals surface area contributed by atoms with Gasteiger partial charge in [0, 0.05) is 42.0 Å². The lowest BCUT2D eigenvalue weighted by Gasteiger charge is -2.40. The maximum atomic E-state index is 3.52. The van der Waals surface area contributed by atoms with Gasteiger partial charge >= 0.3 is 0 Å². The molecule has 3 unspecified atom stereocenters. The zero-order chi connectivity index (χ0) is 45.8. The molecule has 9 aromatic carbocycles. The van der Waals surface area contributed by atoms with E-state index in [2.05, 4.69) is 266 Å². The normalized spacial score (nSPS) is 17.4. The Morgan fingerprint density at radius 3 is 1.97 bits per heavy atom. The first-order valence-electron chi connectivity index (χ1n) is 23.9. The standard InChI is InChI=1S/C65H53N3/c1-65-59-27-14-11-22-48(59)34-38-62(65)68(61-37-33-47-21-10-12-25-57(47)63(61)65)55-35-36-56-50(42-55)23-16-24-51(56)43-67(3)64(58-26-13-15-28-60(58)66-2)49-31-29-46(30-32-49)54-40-52(44-17-6-4-7-18-44)39-53(41-54)45-19-8-5-9-20-45/h4-42,59,64,66H,43H2,1-3H3. The second-order valence-corrected chi connectivity index (χ2v) is 18.8. The van der Waals surface area contributed by atoms with Crippen LogP contribution in [0.1, 0.15) is 35.2 Å². The number of para-hydroxylation sites is 1. The van der Waals surface area contributed by atoms with E-state index in [1.54, 1.807) is 0 Å². The van der Waals surface area contributed by atoms with Crippen LogP contribution in [0.2, 0.25) is 0 Å². The van der Waals surface area contributed by atoms with Crippen LogP contribution in [0.15, 0.2) is 248 Å². The molecule has 0 amide bonds. The van der Waals surface area contributed by atoms with E-state index >= 15 is 0 Å². The number of fused-ring (bicyclic) bond motifs is 8. The van der Waals surface area contributed by atoms with Crippen molar-refractivity contribution in [1.82, 2.24) is 4.90 Å². The van der Waals surface area contributed by atoms with Crippen LogP contribution in [-0.4, -0.2) is 19.0 Å². The second-order valence-electron chi connectivity index (χ2n) is 18.8. The molecule has 0 saturated heterocycles. The average Bonchev–Trinajstić information content (AvgIpc) is 3.68. The first-order valence-corrected chi connectivity index (χ1v) is 23.9. The molecular weight excluding hydrogens is 823 g/mol. The lowest BCUT2D eigenvalue weighted by Crippen LogP contribution is -2.36. The van der Waals surface area contributed by atoms with Crippen LogP contribution >= 0.6 is 0 Å². The fourth-order valence-corrected chi connectivity index (χ4v) is 11.6. The Morgan fingerprint density at radius 1 is 0.574 bits per heavy atom. The highest BCUT2D eigenvalue weighted by molar-refractivity contribution is 5.99. The third-order valence-electron chi connectivity index (χ3n) is 14.9. The van der Waals surface area contributed by atoms with Crippen molar-refractivity contribution < 1.29 is 0 Å². The third kappa shape index (κ3) is 7.01. The van der Waals surface area contributed by atoms with Gasteiger partial charge in [0.1, 0.15) is 0 Å². The van der Waals surface area contributed by atoms with E-state index in [-0.39, 0.29) is 17.4 Å². The summed E-state index contributed by atoms with van der Waals surface area (Å²) in [5.74, 6) is 0.250. The maximum absolute atomic E-state index is 3.52. The average molecular weight is 876 g/mol. The van der Waals surface area contributed by atoms with Crippen LogP contribution in [0.5, 0.6) is 0 Å². The zero-order valence-electron chi connectivity index (χ0n) is 38.8. The molecule has 1 N–H and O–H groups in total. The van der Waals surface area contributed by atoms with Crippen molar-refractivity contribution >= 4 is 38.6 Å². The van der Waals surface area contributed by atoms with Crippen LogP contribution in [0.25, 0.3) is 54.9 Å². The molecule has 0 bridgehead atoms. The van der Waals surface area contributed by atoms with Crippen LogP contribution < -0.4 is 10.2 Å². The Kier molecular flexibility index (Phi) is 10.4. The highest BCUT2D eigenvalue weighted by atomic mass is 15.2. The van der Waals surface area contributed by atoms with Crippen molar-refractivity contribution in [2.75, 3.05) is 24.3 Å². The Balaban J connectivity index is 0.904. The third-order valence-corrected chi connectivity index (χ3v) is 14.9. The van der Waals surface area contributed by atoms with Crippen molar-refractivity contribution in [3.8, 4) is 33.4 Å². The highest BCUT2D eigenvalue weighted by Gasteiger charge is 2.51. The van der Waals surface area contributed by atoms with Crippen LogP contribution in [0, 0.1) is 5.92 Å². The molecule has 3 atom stereocenters. The molecule has 2 aliphatic carbocycles.